The third-order valence-corrected chi connectivity index (χ3v) is 4.89. The number of carbonyl (C=O) groups is 2. The Morgan fingerprint density at radius 2 is 2.00 bits per heavy atom. The zero-order valence-electron chi connectivity index (χ0n) is 13.6. The van der Waals surface area contributed by atoms with Crippen LogP contribution in [-0.2, 0) is 27.2 Å². The summed E-state index contributed by atoms with van der Waals surface area (Å²) in [4.78, 5) is 25.5. The Balaban J connectivity index is 1.69. The van der Waals surface area contributed by atoms with Gasteiger partial charge < -0.3 is 15.0 Å². The lowest BCUT2D eigenvalue weighted by Gasteiger charge is -2.35. The highest BCUT2D eigenvalue weighted by atomic mass is 16.5. The van der Waals surface area contributed by atoms with Crippen molar-refractivity contribution in [2.24, 2.45) is 0 Å². The van der Waals surface area contributed by atoms with Crippen molar-refractivity contribution >= 4 is 11.9 Å². The minimum atomic E-state index is -0.326. The van der Waals surface area contributed by atoms with Gasteiger partial charge in [-0.3, -0.25) is 9.59 Å². The van der Waals surface area contributed by atoms with Crippen LogP contribution in [0, 0.1) is 0 Å². The first-order valence-electron chi connectivity index (χ1n) is 8.54. The van der Waals surface area contributed by atoms with Crippen molar-refractivity contribution in [2.45, 2.75) is 44.7 Å². The van der Waals surface area contributed by atoms with E-state index in [1.165, 1.54) is 16.0 Å². The van der Waals surface area contributed by atoms with E-state index < -0.39 is 0 Å². The number of esters is 1. The molecule has 2 atom stereocenters. The molecule has 1 aromatic carbocycles. The molecule has 1 aliphatic carbocycles. The van der Waals surface area contributed by atoms with Gasteiger partial charge in [-0.2, -0.15) is 0 Å². The lowest BCUT2D eigenvalue weighted by atomic mass is 10.0. The number of ether oxygens (including phenoxy) is 1. The van der Waals surface area contributed by atoms with E-state index in [1.807, 2.05) is 6.92 Å². The second kappa shape index (κ2) is 7.13. The summed E-state index contributed by atoms with van der Waals surface area (Å²) in [6.45, 7) is 3.95. The van der Waals surface area contributed by atoms with Gasteiger partial charge in [0.1, 0.15) is 6.42 Å². The van der Waals surface area contributed by atoms with Crippen LogP contribution in [0.1, 0.15) is 30.9 Å². The summed E-state index contributed by atoms with van der Waals surface area (Å²) in [7, 11) is 0. The minimum absolute atomic E-state index is 0.0179. The van der Waals surface area contributed by atoms with Gasteiger partial charge in [0.15, 0.2) is 6.04 Å². The van der Waals surface area contributed by atoms with Gasteiger partial charge in [0.2, 0.25) is 0 Å². The second-order valence-electron chi connectivity index (χ2n) is 6.47. The van der Waals surface area contributed by atoms with Gasteiger partial charge in [-0.25, -0.2) is 0 Å². The van der Waals surface area contributed by atoms with Crippen LogP contribution in [0.2, 0.25) is 0 Å². The molecule has 0 saturated carbocycles. The Bertz CT molecular complexity index is 562. The average molecular weight is 317 g/mol. The number of carbonyl (C=O) groups excluding carboxylic acids is 2. The Labute approximate surface area is 137 Å². The van der Waals surface area contributed by atoms with Crippen molar-refractivity contribution in [1.29, 1.82) is 0 Å². The summed E-state index contributed by atoms with van der Waals surface area (Å²) in [5.41, 5.74) is 2.76. The molecular weight excluding hydrogens is 292 g/mol. The summed E-state index contributed by atoms with van der Waals surface area (Å²) in [5, 5.41) is 2.90. The standard InChI is InChI=1S/C18H24N2O3/c1-2-9-23-17(21)12-16-18(22)19-7-8-20(16)15-10-13-5-3-4-6-14(13)11-15/h3-6,15-16H,2,7-12H2,1H3,(H,19,22)/p+1/t16-/m1/s1. The molecule has 1 heterocycles. The Kier molecular flexibility index (Phi) is 4.96. The first-order valence-corrected chi connectivity index (χ1v) is 8.54. The van der Waals surface area contributed by atoms with Gasteiger partial charge in [0, 0.05) is 12.8 Å². The van der Waals surface area contributed by atoms with E-state index in [4.69, 9.17) is 4.74 Å². The van der Waals surface area contributed by atoms with E-state index in [-0.39, 0.29) is 24.3 Å². The summed E-state index contributed by atoms with van der Waals surface area (Å²) in [5.74, 6) is -0.280. The maximum atomic E-state index is 12.3. The number of piperazine rings is 1. The Morgan fingerprint density at radius 1 is 1.30 bits per heavy atom. The van der Waals surface area contributed by atoms with Gasteiger partial charge >= 0.3 is 5.97 Å². The first kappa shape index (κ1) is 16.0. The van der Waals surface area contributed by atoms with E-state index in [2.05, 4.69) is 29.6 Å². The zero-order valence-corrected chi connectivity index (χ0v) is 13.6. The van der Waals surface area contributed by atoms with Crippen molar-refractivity contribution in [3.8, 4) is 0 Å². The molecule has 23 heavy (non-hydrogen) atoms. The highest BCUT2D eigenvalue weighted by Crippen LogP contribution is 2.20. The van der Waals surface area contributed by atoms with Crippen LogP contribution < -0.4 is 10.2 Å². The molecule has 5 nitrogen and oxygen atoms in total. The molecule has 1 fully saturated rings. The molecule has 124 valence electrons. The van der Waals surface area contributed by atoms with E-state index in [9.17, 15) is 9.59 Å². The molecule has 2 N–H and O–H groups in total. The van der Waals surface area contributed by atoms with Gasteiger partial charge in [0.25, 0.3) is 5.91 Å². The maximum absolute atomic E-state index is 12.3. The molecule has 1 saturated heterocycles. The van der Waals surface area contributed by atoms with Crippen molar-refractivity contribution in [1.82, 2.24) is 5.32 Å². The largest absolute Gasteiger partial charge is 0.466 e. The van der Waals surface area contributed by atoms with Gasteiger partial charge in [0.05, 0.1) is 25.7 Å². The summed E-state index contributed by atoms with van der Waals surface area (Å²) in [6.07, 6.45) is 2.95. The molecule has 0 bridgehead atoms. The first-order chi connectivity index (χ1) is 11.2. The minimum Gasteiger partial charge on any atom is -0.466 e. The highest BCUT2D eigenvalue weighted by molar-refractivity contribution is 5.85. The molecule has 1 aliphatic heterocycles. The normalized spacial score (nSPS) is 24.1. The van der Waals surface area contributed by atoms with E-state index in [0.717, 1.165) is 25.8 Å². The number of quaternary nitrogens is 1. The topological polar surface area (TPSA) is 59.8 Å². The molecule has 3 rings (SSSR count). The molecule has 0 aromatic heterocycles. The average Bonchev–Trinajstić information content (AvgIpc) is 2.98. The number of benzene rings is 1. The Morgan fingerprint density at radius 3 is 2.65 bits per heavy atom. The summed E-state index contributed by atoms with van der Waals surface area (Å²) < 4.78 is 5.18. The number of amides is 1. The predicted octanol–water partition coefficient (Wildman–Crippen LogP) is -0.120. The summed E-state index contributed by atoms with van der Waals surface area (Å²) >= 11 is 0. The molecular formula is C18H25N2O3+. The number of hydrogen-bond donors (Lipinski definition) is 2. The molecule has 1 unspecified atom stereocenters. The fourth-order valence-corrected chi connectivity index (χ4v) is 3.77. The number of hydrogen-bond acceptors (Lipinski definition) is 3. The summed E-state index contributed by atoms with van der Waals surface area (Å²) in [6, 6.07) is 8.53. The molecule has 1 aromatic rings. The quantitative estimate of drug-likeness (QED) is 0.745. The van der Waals surface area contributed by atoms with Gasteiger partial charge in [-0.1, -0.05) is 31.2 Å². The zero-order chi connectivity index (χ0) is 16.2. The van der Waals surface area contributed by atoms with Crippen LogP contribution in [0.25, 0.3) is 0 Å². The highest BCUT2D eigenvalue weighted by Gasteiger charge is 2.41. The monoisotopic (exact) mass is 317 g/mol. The molecule has 5 heteroatoms. The van der Waals surface area contributed by atoms with Gasteiger partial charge in [-0.05, 0) is 17.5 Å². The number of fused-ring (bicyclic) bond motifs is 1. The van der Waals surface area contributed by atoms with Crippen molar-refractivity contribution < 1.29 is 19.2 Å². The van der Waals surface area contributed by atoms with Crippen LogP contribution >= 0.6 is 0 Å². The van der Waals surface area contributed by atoms with Gasteiger partial charge in [-0.15, -0.1) is 0 Å². The smallest absolute Gasteiger partial charge is 0.312 e. The third-order valence-electron chi connectivity index (χ3n) is 4.89. The van der Waals surface area contributed by atoms with Crippen LogP contribution in [0.4, 0.5) is 0 Å². The number of nitrogens with one attached hydrogen (secondary N) is 2. The Hall–Kier alpha value is -1.88. The molecule has 1 amide bonds. The van der Waals surface area contributed by atoms with Crippen molar-refractivity contribution in [3.63, 3.8) is 0 Å². The molecule has 0 spiro atoms. The van der Waals surface area contributed by atoms with E-state index >= 15 is 0 Å². The van der Waals surface area contributed by atoms with E-state index in [1.54, 1.807) is 0 Å². The lowest BCUT2D eigenvalue weighted by Crippen LogP contribution is -3.22. The van der Waals surface area contributed by atoms with Crippen LogP contribution in [0.3, 0.4) is 0 Å². The fraction of sp³-hybridized carbons (Fsp3) is 0.556. The fourth-order valence-electron chi connectivity index (χ4n) is 3.77. The number of rotatable bonds is 5. The van der Waals surface area contributed by atoms with Crippen LogP contribution in [0.15, 0.2) is 24.3 Å². The lowest BCUT2D eigenvalue weighted by molar-refractivity contribution is -0.941. The second-order valence-corrected chi connectivity index (χ2v) is 6.47. The SMILES string of the molecule is CCCOC(=O)C[C@@H]1C(=O)NCC[NH+]1C1Cc2ccccc2C1. The molecule has 0 radical (unpaired) electrons. The molecule has 2 aliphatic rings. The van der Waals surface area contributed by atoms with Crippen LogP contribution in [-0.4, -0.2) is 43.7 Å². The van der Waals surface area contributed by atoms with E-state index in [0.29, 0.717) is 19.2 Å². The third kappa shape index (κ3) is 3.55. The maximum Gasteiger partial charge on any atom is 0.312 e. The van der Waals surface area contributed by atoms with Crippen molar-refractivity contribution in [2.75, 3.05) is 19.7 Å². The predicted molar refractivity (Wildman–Crippen MR) is 86.1 cm³/mol. The van der Waals surface area contributed by atoms with Crippen molar-refractivity contribution in [3.05, 3.63) is 35.4 Å². The van der Waals surface area contributed by atoms with Crippen LogP contribution in [0.5, 0.6) is 0 Å².